The lowest BCUT2D eigenvalue weighted by molar-refractivity contribution is -0.144. The van der Waals surface area contributed by atoms with Gasteiger partial charge in [-0.1, -0.05) is 0 Å². The molecule has 9 heteroatoms. The van der Waals surface area contributed by atoms with E-state index in [2.05, 4.69) is 19.4 Å². The van der Waals surface area contributed by atoms with Crippen molar-refractivity contribution in [3.63, 3.8) is 0 Å². The van der Waals surface area contributed by atoms with Gasteiger partial charge in [0.1, 0.15) is 0 Å². The summed E-state index contributed by atoms with van der Waals surface area (Å²) in [6, 6.07) is 0. The van der Waals surface area contributed by atoms with Crippen molar-refractivity contribution in [1.82, 2.24) is 9.36 Å². The number of hydrogen-bond donors (Lipinski definition) is 0. The largest absolute Gasteiger partial charge is 0.452 e. The number of alkyl halides is 3. The monoisotopic (exact) mass is 195 g/mol. The second-order valence-electron chi connectivity index (χ2n) is 1.59. The first-order chi connectivity index (χ1) is 5.54. The molecule has 1 rings (SSSR count). The summed E-state index contributed by atoms with van der Waals surface area (Å²) in [6.07, 6.45) is -4.58. The SMILES string of the molecule is [N-]=[N+]=Nc1nc(C(F)(F)F)ns1. The third-order valence-corrected chi connectivity index (χ3v) is 1.40. The fraction of sp³-hybridized carbons (Fsp3) is 0.333. The van der Waals surface area contributed by atoms with Gasteiger partial charge in [0.25, 0.3) is 0 Å². The maximum absolute atomic E-state index is 11.8. The van der Waals surface area contributed by atoms with Crippen molar-refractivity contribution < 1.29 is 13.2 Å². The summed E-state index contributed by atoms with van der Waals surface area (Å²) in [7, 11) is 0. The van der Waals surface area contributed by atoms with Gasteiger partial charge in [-0.05, 0) is 22.2 Å². The molecule has 0 aliphatic carbocycles. The molecule has 12 heavy (non-hydrogen) atoms. The zero-order valence-electron chi connectivity index (χ0n) is 5.28. The minimum atomic E-state index is -4.58. The quantitative estimate of drug-likeness (QED) is 0.392. The molecule has 0 spiro atoms. The Hall–Kier alpha value is -1.34. The fourth-order valence-corrected chi connectivity index (χ4v) is 0.922. The van der Waals surface area contributed by atoms with E-state index < -0.39 is 12.0 Å². The minimum absolute atomic E-state index is 0.343. The predicted molar refractivity (Wildman–Crippen MR) is 33.7 cm³/mol. The first kappa shape index (κ1) is 8.75. The van der Waals surface area contributed by atoms with Crippen LogP contribution in [0.2, 0.25) is 0 Å². The first-order valence-corrected chi connectivity index (χ1v) is 3.27. The van der Waals surface area contributed by atoms with Crippen LogP contribution in [-0.2, 0) is 6.18 Å². The van der Waals surface area contributed by atoms with Gasteiger partial charge in [0.15, 0.2) is 0 Å². The summed E-state index contributed by atoms with van der Waals surface area (Å²) in [6.45, 7) is 0. The molecular formula is C3F3N5S. The van der Waals surface area contributed by atoms with E-state index in [4.69, 9.17) is 5.53 Å². The molecule has 0 saturated heterocycles. The average Bonchev–Trinajstić information content (AvgIpc) is 2.35. The molecule has 0 aliphatic heterocycles. The van der Waals surface area contributed by atoms with Gasteiger partial charge in [0.2, 0.25) is 11.0 Å². The number of halogens is 3. The zero-order chi connectivity index (χ0) is 9.19. The van der Waals surface area contributed by atoms with Crippen molar-refractivity contribution in [1.29, 1.82) is 0 Å². The van der Waals surface area contributed by atoms with Crippen LogP contribution in [-0.4, -0.2) is 9.36 Å². The molecule has 0 bridgehead atoms. The second kappa shape index (κ2) is 2.95. The van der Waals surface area contributed by atoms with Gasteiger partial charge < -0.3 is 0 Å². The molecule has 64 valence electrons. The van der Waals surface area contributed by atoms with Gasteiger partial charge in [0.05, 0.1) is 0 Å². The third-order valence-electron chi connectivity index (χ3n) is 0.799. The smallest absolute Gasteiger partial charge is 0.209 e. The van der Waals surface area contributed by atoms with Gasteiger partial charge in [-0.15, -0.1) is 0 Å². The van der Waals surface area contributed by atoms with E-state index in [0.717, 1.165) is 0 Å². The lowest BCUT2D eigenvalue weighted by atomic mass is 10.6. The molecule has 0 radical (unpaired) electrons. The molecule has 0 atom stereocenters. The lowest BCUT2D eigenvalue weighted by Gasteiger charge is -1.96. The van der Waals surface area contributed by atoms with Gasteiger partial charge >= 0.3 is 6.18 Å². The van der Waals surface area contributed by atoms with E-state index in [1.807, 2.05) is 0 Å². The highest BCUT2D eigenvalue weighted by molar-refractivity contribution is 7.09. The van der Waals surface area contributed by atoms with E-state index in [1.165, 1.54) is 0 Å². The van der Waals surface area contributed by atoms with Gasteiger partial charge in [-0.2, -0.15) is 17.5 Å². The maximum Gasteiger partial charge on any atom is 0.452 e. The number of rotatable bonds is 1. The Bertz CT molecular complexity index is 323. The van der Waals surface area contributed by atoms with Crippen LogP contribution in [0.1, 0.15) is 5.82 Å². The van der Waals surface area contributed by atoms with Crippen LogP contribution in [0, 0.1) is 0 Å². The van der Waals surface area contributed by atoms with Crippen LogP contribution < -0.4 is 0 Å². The molecule has 0 unspecified atom stereocenters. The van der Waals surface area contributed by atoms with Crippen LogP contribution in [0.4, 0.5) is 18.3 Å². The summed E-state index contributed by atoms with van der Waals surface area (Å²) in [4.78, 5) is 5.20. The van der Waals surface area contributed by atoms with Crippen LogP contribution in [0.3, 0.4) is 0 Å². The predicted octanol–water partition coefficient (Wildman–Crippen LogP) is 2.50. The minimum Gasteiger partial charge on any atom is -0.209 e. The Balaban J connectivity index is 2.99. The average molecular weight is 195 g/mol. The van der Waals surface area contributed by atoms with Gasteiger partial charge in [0, 0.05) is 4.91 Å². The number of azide groups is 1. The molecule has 1 aromatic heterocycles. The number of hydrogen-bond acceptors (Lipinski definition) is 4. The fourth-order valence-electron chi connectivity index (χ4n) is 0.409. The standard InChI is InChI=1S/C3F3N5S/c4-3(5,6)1-8-2(9-11-7)12-10-1. The van der Waals surface area contributed by atoms with Gasteiger partial charge in [-0.25, -0.2) is 4.98 Å². The highest BCUT2D eigenvalue weighted by Gasteiger charge is 2.35. The van der Waals surface area contributed by atoms with Gasteiger partial charge in [-0.3, -0.25) is 0 Å². The summed E-state index contributed by atoms with van der Waals surface area (Å²) in [5.74, 6) is -1.28. The van der Waals surface area contributed by atoms with Crippen LogP contribution in [0.5, 0.6) is 0 Å². The molecule has 5 nitrogen and oxygen atoms in total. The Morgan fingerprint density at radius 1 is 1.50 bits per heavy atom. The molecule has 0 aliphatic rings. The molecule has 0 fully saturated rings. The van der Waals surface area contributed by atoms with Crippen molar-refractivity contribution in [2.45, 2.75) is 6.18 Å². The Labute approximate surface area is 67.6 Å². The summed E-state index contributed by atoms with van der Waals surface area (Å²) in [5, 5.41) is 2.52. The molecule has 0 saturated carbocycles. The number of nitrogens with zero attached hydrogens (tertiary/aromatic N) is 5. The molecule has 0 aromatic carbocycles. The van der Waals surface area contributed by atoms with Crippen LogP contribution in [0.25, 0.3) is 10.4 Å². The van der Waals surface area contributed by atoms with E-state index in [1.54, 1.807) is 0 Å². The lowest BCUT2D eigenvalue weighted by Crippen LogP contribution is -2.06. The first-order valence-electron chi connectivity index (χ1n) is 2.50. The van der Waals surface area contributed by atoms with Crippen LogP contribution >= 0.6 is 11.5 Å². The topological polar surface area (TPSA) is 74.5 Å². The van der Waals surface area contributed by atoms with Crippen molar-refractivity contribution in [3.8, 4) is 0 Å². The van der Waals surface area contributed by atoms with E-state index in [9.17, 15) is 13.2 Å². The van der Waals surface area contributed by atoms with Crippen molar-refractivity contribution in [3.05, 3.63) is 16.3 Å². The highest BCUT2D eigenvalue weighted by Crippen LogP contribution is 2.29. The number of aromatic nitrogens is 2. The molecule has 1 aromatic rings. The molecular weight excluding hydrogens is 195 g/mol. The van der Waals surface area contributed by atoms with E-state index >= 15 is 0 Å². The van der Waals surface area contributed by atoms with Crippen molar-refractivity contribution in [2.24, 2.45) is 5.11 Å². The zero-order valence-corrected chi connectivity index (χ0v) is 6.09. The Kier molecular flexibility index (Phi) is 2.15. The summed E-state index contributed by atoms with van der Waals surface area (Å²) >= 11 is 0.399. The second-order valence-corrected chi connectivity index (χ2v) is 2.32. The van der Waals surface area contributed by atoms with E-state index in [-0.39, 0.29) is 5.13 Å². The summed E-state index contributed by atoms with van der Waals surface area (Å²) in [5.41, 5.74) is 7.85. The molecule has 1 heterocycles. The Morgan fingerprint density at radius 3 is 2.58 bits per heavy atom. The maximum atomic E-state index is 11.8. The molecule has 0 N–H and O–H groups in total. The highest BCUT2D eigenvalue weighted by atomic mass is 32.1. The molecule has 0 amide bonds. The van der Waals surface area contributed by atoms with Crippen LogP contribution in [0.15, 0.2) is 5.11 Å². The Morgan fingerprint density at radius 2 is 2.17 bits per heavy atom. The van der Waals surface area contributed by atoms with Crippen molar-refractivity contribution >= 4 is 16.7 Å². The van der Waals surface area contributed by atoms with Crippen molar-refractivity contribution in [2.75, 3.05) is 0 Å². The van der Waals surface area contributed by atoms with E-state index in [0.29, 0.717) is 11.5 Å². The normalized spacial score (nSPS) is 10.9. The summed E-state index contributed by atoms with van der Waals surface area (Å²) < 4.78 is 38.3. The third kappa shape index (κ3) is 1.83.